The molecule has 0 aliphatic heterocycles. The zero-order chi connectivity index (χ0) is 11.4. The molecule has 0 aromatic carbocycles. The van der Waals surface area contributed by atoms with E-state index in [0.717, 1.165) is 26.1 Å². The molecule has 1 aromatic heterocycles. The largest absolute Gasteiger partial charge is 0.461 e. The summed E-state index contributed by atoms with van der Waals surface area (Å²) in [5, 5.41) is 0. The second-order valence-electron chi connectivity index (χ2n) is 3.11. The molecule has 0 saturated heterocycles. The highest BCUT2D eigenvalue weighted by Gasteiger charge is 2.07. The quantitative estimate of drug-likeness (QED) is 0.695. The van der Waals surface area contributed by atoms with E-state index in [1.165, 1.54) is 0 Å². The van der Waals surface area contributed by atoms with Crippen LogP contribution >= 0.6 is 31.9 Å². The first-order valence-electron chi connectivity index (χ1n) is 4.47. The van der Waals surface area contributed by atoms with Crippen molar-refractivity contribution in [3.63, 3.8) is 0 Å². The van der Waals surface area contributed by atoms with Gasteiger partial charge in [0, 0.05) is 10.1 Å². The minimum Gasteiger partial charge on any atom is -0.461 e. The van der Waals surface area contributed by atoms with Gasteiger partial charge in [-0.25, -0.2) is 0 Å². The fourth-order valence-corrected chi connectivity index (χ4v) is 1.68. The third-order valence-electron chi connectivity index (χ3n) is 1.79. The highest BCUT2D eigenvalue weighted by atomic mass is 79.9. The maximum atomic E-state index is 5.57. The van der Waals surface area contributed by atoms with E-state index in [2.05, 4.69) is 38.4 Å². The minimum absolute atomic E-state index is 0.832. The molecule has 0 fully saturated rings. The van der Waals surface area contributed by atoms with E-state index in [-0.39, 0.29) is 0 Å². The van der Waals surface area contributed by atoms with Crippen LogP contribution in [-0.4, -0.2) is 0 Å². The second-order valence-corrected chi connectivity index (χ2v) is 5.21. The number of aryl methyl sites for hydroxylation is 1. The van der Waals surface area contributed by atoms with Gasteiger partial charge in [0.15, 0.2) is 0 Å². The molecule has 1 aromatic rings. The summed E-state index contributed by atoms with van der Waals surface area (Å²) >= 11 is 6.86. The molecule has 0 atom stereocenters. The van der Waals surface area contributed by atoms with Gasteiger partial charge in [0.05, 0.1) is 0 Å². The van der Waals surface area contributed by atoms with E-state index in [1.807, 2.05) is 32.1 Å². The van der Waals surface area contributed by atoms with Gasteiger partial charge in [-0.3, -0.25) is 0 Å². The van der Waals surface area contributed by atoms with Crippen LogP contribution in [0.2, 0.25) is 0 Å². The van der Waals surface area contributed by atoms with E-state index in [0.29, 0.717) is 0 Å². The van der Waals surface area contributed by atoms with Crippen LogP contribution in [0.5, 0.6) is 0 Å². The maximum absolute atomic E-state index is 5.57. The van der Waals surface area contributed by atoms with Crippen LogP contribution in [0.15, 0.2) is 44.2 Å². The molecule has 0 aliphatic carbocycles. The summed E-state index contributed by atoms with van der Waals surface area (Å²) < 4.78 is 7.51. The van der Waals surface area contributed by atoms with E-state index >= 15 is 0 Å². The normalized spacial score (nSPS) is 13.7. The third kappa shape index (κ3) is 3.50. The third-order valence-corrected chi connectivity index (χ3v) is 2.77. The van der Waals surface area contributed by atoms with Crippen molar-refractivity contribution in [1.29, 1.82) is 0 Å². The fourth-order valence-electron chi connectivity index (χ4n) is 1.15. The lowest BCUT2D eigenvalue weighted by Crippen LogP contribution is -1.80. The molecule has 1 heterocycles. The van der Waals surface area contributed by atoms with Crippen molar-refractivity contribution in [3.05, 3.63) is 51.3 Å². The fraction of sp³-hybridized carbons (Fsp3) is 0.167. The van der Waals surface area contributed by atoms with Crippen LogP contribution in [0.3, 0.4) is 0 Å². The predicted molar refractivity (Wildman–Crippen MR) is 72.2 cm³/mol. The van der Waals surface area contributed by atoms with Gasteiger partial charge in [0.2, 0.25) is 0 Å². The topological polar surface area (TPSA) is 13.1 Å². The molecular weight excluding hydrogens is 320 g/mol. The average Bonchev–Trinajstić information content (AvgIpc) is 2.59. The van der Waals surface area contributed by atoms with Crippen LogP contribution in [-0.2, 0) is 0 Å². The predicted octanol–water partition coefficient (Wildman–Crippen LogP) is 5.18. The first-order valence-corrected chi connectivity index (χ1v) is 6.06. The molecule has 0 aliphatic rings. The zero-order valence-electron chi connectivity index (χ0n) is 8.68. The summed E-state index contributed by atoms with van der Waals surface area (Å²) in [5.74, 6) is 1.73. The number of hydrogen-bond acceptors (Lipinski definition) is 1. The Hall–Kier alpha value is -0.540. The smallest absolute Gasteiger partial charge is 0.135 e. The van der Waals surface area contributed by atoms with Gasteiger partial charge in [-0.05, 0) is 36.5 Å². The number of halogens is 2. The molecule has 0 radical (unpaired) electrons. The molecule has 1 nitrogen and oxygen atoms in total. The van der Waals surface area contributed by atoms with E-state index < -0.39 is 0 Å². The number of allylic oxidation sites excluding steroid dienone is 5. The van der Waals surface area contributed by atoms with E-state index in [9.17, 15) is 0 Å². The number of hydrogen-bond donors (Lipinski definition) is 0. The summed E-state index contributed by atoms with van der Waals surface area (Å²) in [6.07, 6.45) is 3.74. The van der Waals surface area contributed by atoms with E-state index in [1.54, 1.807) is 6.08 Å². The average molecular weight is 332 g/mol. The van der Waals surface area contributed by atoms with Gasteiger partial charge in [0.25, 0.3) is 0 Å². The standard InChI is InChI=1S/C12H12Br2O/c1-4-11(14)10(7-8(2)13)12-6-5-9(3)15-12/h4-7H,1H2,2-3H3/b8-7+,11-10-. The van der Waals surface area contributed by atoms with Crippen molar-refractivity contribution in [2.75, 3.05) is 0 Å². The lowest BCUT2D eigenvalue weighted by molar-refractivity contribution is 0.522. The van der Waals surface area contributed by atoms with Crippen molar-refractivity contribution in [2.45, 2.75) is 13.8 Å². The first-order chi connectivity index (χ1) is 7.04. The summed E-state index contributed by atoms with van der Waals surface area (Å²) in [7, 11) is 0. The van der Waals surface area contributed by atoms with Gasteiger partial charge in [-0.2, -0.15) is 0 Å². The molecule has 15 heavy (non-hydrogen) atoms. The van der Waals surface area contributed by atoms with Gasteiger partial charge >= 0.3 is 0 Å². The Bertz CT molecular complexity index is 421. The van der Waals surface area contributed by atoms with Gasteiger partial charge in [0.1, 0.15) is 11.5 Å². The molecule has 3 heteroatoms. The summed E-state index contributed by atoms with van der Waals surface area (Å²) in [5.41, 5.74) is 0.979. The van der Waals surface area contributed by atoms with Crippen molar-refractivity contribution < 1.29 is 4.42 Å². The highest BCUT2D eigenvalue weighted by Crippen LogP contribution is 2.28. The Morgan fingerprint density at radius 2 is 2.07 bits per heavy atom. The highest BCUT2D eigenvalue weighted by molar-refractivity contribution is 9.12. The Kier molecular flexibility index (Phi) is 4.61. The second kappa shape index (κ2) is 5.52. The van der Waals surface area contributed by atoms with Crippen molar-refractivity contribution in [2.24, 2.45) is 0 Å². The molecular formula is C12H12Br2O. The van der Waals surface area contributed by atoms with Crippen LogP contribution in [0, 0.1) is 6.92 Å². The van der Waals surface area contributed by atoms with Crippen molar-refractivity contribution in [3.8, 4) is 0 Å². The van der Waals surface area contributed by atoms with E-state index in [4.69, 9.17) is 4.42 Å². The van der Waals surface area contributed by atoms with Crippen LogP contribution < -0.4 is 0 Å². The molecule has 80 valence electrons. The van der Waals surface area contributed by atoms with Crippen molar-refractivity contribution >= 4 is 37.4 Å². The Morgan fingerprint density at radius 1 is 1.40 bits per heavy atom. The van der Waals surface area contributed by atoms with Crippen LogP contribution in [0.1, 0.15) is 18.4 Å². The lowest BCUT2D eigenvalue weighted by Gasteiger charge is -2.01. The first kappa shape index (κ1) is 12.5. The van der Waals surface area contributed by atoms with Crippen LogP contribution in [0.4, 0.5) is 0 Å². The molecule has 0 saturated carbocycles. The molecule has 0 unspecified atom stereocenters. The minimum atomic E-state index is 0.832. The summed E-state index contributed by atoms with van der Waals surface area (Å²) in [6, 6.07) is 3.89. The summed E-state index contributed by atoms with van der Waals surface area (Å²) in [6.45, 7) is 7.63. The summed E-state index contributed by atoms with van der Waals surface area (Å²) in [4.78, 5) is 0. The SMILES string of the molecule is C=C/C(Br)=C(\C=C(/C)Br)c1ccc(C)o1. The van der Waals surface area contributed by atoms with Gasteiger partial charge in [-0.15, -0.1) is 0 Å². The monoisotopic (exact) mass is 330 g/mol. The maximum Gasteiger partial charge on any atom is 0.135 e. The Balaban J connectivity index is 3.25. The van der Waals surface area contributed by atoms with Gasteiger partial charge in [-0.1, -0.05) is 44.5 Å². The van der Waals surface area contributed by atoms with Crippen LogP contribution in [0.25, 0.3) is 5.57 Å². The number of furan rings is 1. The molecule has 1 rings (SSSR count). The Morgan fingerprint density at radius 3 is 2.47 bits per heavy atom. The number of rotatable bonds is 3. The van der Waals surface area contributed by atoms with Crippen molar-refractivity contribution in [1.82, 2.24) is 0 Å². The van der Waals surface area contributed by atoms with Gasteiger partial charge < -0.3 is 4.42 Å². The molecule has 0 bridgehead atoms. The zero-order valence-corrected chi connectivity index (χ0v) is 11.9. The lowest BCUT2D eigenvalue weighted by atomic mass is 10.2. The molecule has 0 N–H and O–H groups in total. The Labute approximate surface area is 107 Å². The molecule has 0 spiro atoms. The molecule has 0 amide bonds.